The van der Waals surface area contributed by atoms with Crippen molar-refractivity contribution >= 4 is 37.5 Å². The maximum atomic E-state index is 13.6. The van der Waals surface area contributed by atoms with Gasteiger partial charge in [-0.3, -0.25) is 4.72 Å². The van der Waals surface area contributed by atoms with Crippen LogP contribution >= 0.6 is 15.9 Å². The van der Waals surface area contributed by atoms with Crippen LogP contribution in [0.15, 0.2) is 28.0 Å². The molecule has 0 aliphatic carbocycles. The lowest BCUT2D eigenvalue weighted by Gasteiger charge is -2.10. The van der Waals surface area contributed by atoms with Crippen LogP contribution in [0, 0.1) is 11.6 Å². The van der Waals surface area contributed by atoms with Crippen LogP contribution in [0.1, 0.15) is 0 Å². The molecule has 0 radical (unpaired) electrons. The van der Waals surface area contributed by atoms with Gasteiger partial charge in [0.2, 0.25) is 0 Å². The Morgan fingerprint density at radius 3 is 2.55 bits per heavy atom. The fourth-order valence-corrected chi connectivity index (χ4v) is 3.20. The molecule has 0 unspecified atom stereocenters. The number of imidazole rings is 1. The first-order valence-electron chi connectivity index (χ1n) is 5.16. The van der Waals surface area contributed by atoms with E-state index in [2.05, 4.69) is 20.9 Å². The lowest BCUT2D eigenvalue weighted by molar-refractivity contribution is 0.577. The number of aryl methyl sites for hydroxylation is 1. The summed E-state index contributed by atoms with van der Waals surface area (Å²) in [6.45, 7) is 0. The van der Waals surface area contributed by atoms with Gasteiger partial charge in [-0.25, -0.2) is 13.8 Å². The van der Waals surface area contributed by atoms with E-state index in [0.717, 1.165) is 6.07 Å². The van der Waals surface area contributed by atoms with Crippen LogP contribution in [0.25, 0.3) is 0 Å². The second-order valence-corrected chi connectivity index (χ2v) is 6.35. The standard InChI is InChI=1S/C10H9BrF2N4O2S/c1-17-4-15-9(14)10(17)20(18,19)16-8-2-5(11)6(12)3-7(8)13/h2-4,16H,14H2,1H3. The van der Waals surface area contributed by atoms with E-state index >= 15 is 0 Å². The molecule has 0 atom stereocenters. The summed E-state index contributed by atoms with van der Waals surface area (Å²) in [5.74, 6) is -2.11. The molecular weight excluding hydrogens is 358 g/mol. The zero-order valence-electron chi connectivity index (χ0n) is 10.1. The van der Waals surface area contributed by atoms with Gasteiger partial charge < -0.3 is 10.3 Å². The second kappa shape index (κ2) is 5.02. The third kappa shape index (κ3) is 2.61. The molecule has 0 fully saturated rings. The average Bonchev–Trinajstić information content (AvgIpc) is 2.66. The number of hydrogen-bond acceptors (Lipinski definition) is 4. The molecule has 2 aromatic rings. The fraction of sp³-hybridized carbons (Fsp3) is 0.100. The predicted octanol–water partition coefficient (Wildman–Crippen LogP) is 1.84. The average molecular weight is 367 g/mol. The molecule has 0 amide bonds. The first-order valence-corrected chi connectivity index (χ1v) is 7.44. The topological polar surface area (TPSA) is 90.0 Å². The summed E-state index contributed by atoms with van der Waals surface area (Å²) in [5.41, 5.74) is 5.06. The van der Waals surface area contributed by atoms with E-state index in [-0.39, 0.29) is 15.3 Å². The smallest absolute Gasteiger partial charge is 0.281 e. The third-order valence-electron chi connectivity index (χ3n) is 2.42. The Hall–Kier alpha value is -1.68. The quantitative estimate of drug-likeness (QED) is 0.811. The molecule has 108 valence electrons. The molecule has 10 heteroatoms. The molecule has 0 aliphatic rings. The molecule has 2 rings (SSSR count). The molecule has 1 aromatic heterocycles. The highest BCUT2D eigenvalue weighted by molar-refractivity contribution is 9.10. The lowest BCUT2D eigenvalue weighted by Crippen LogP contribution is -2.18. The molecule has 3 N–H and O–H groups in total. The number of hydrogen-bond donors (Lipinski definition) is 2. The van der Waals surface area contributed by atoms with Gasteiger partial charge in [-0.1, -0.05) is 0 Å². The third-order valence-corrected chi connectivity index (χ3v) is 4.52. The van der Waals surface area contributed by atoms with E-state index in [0.29, 0.717) is 6.07 Å². The van der Waals surface area contributed by atoms with Crippen molar-refractivity contribution in [2.45, 2.75) is 5.03 Å². The minimum atomic E-state index is -4.14. The number of nitrogen functional groups attached to an aromatic ring is 1. The predicted molar refractivity (Wildman–Crippen MR) is 72.5 cm³/mol. The Labute approximate surface area is 121 Å². The van der Waals surface area contributed by atoms with Crippen molar-refractivity contribution in [3.63, 3.8) is 0 Å². The number of nitrogens with zero attached hydrogens (tertiary/aromatic N) is 2. The number of nitrogens with one attached hydrogen (secondary N) is 1. The van der Waals surface area contributed by atoms with Gasteiger partial charge in [-0.2, -0.15) is 8.42 Å². The molecule has 0 spiro atoms. The van der Waals surface area contributed by atoms with Crippen molar-refractivity contribution in [2.24, 2.45) is 7.05 Å². The van der Waals surface area contributed by atoms with Gasteiger partial charge in [0.25, 0.3) is 10.0 Å². The molecule has 0 bridgehead atoms. The molecule has 0 saturated heterocycles. The van der Waals surface area contributed by atoms with Crippen LogP contribution < -0.4 is 10.5 Å². The van der Waals surface area contributed by atoms with Crippen LogP contribution in [0.4, 0.5) is 20.3 Å². The molecule has 1 aromatic carbocycles. The number of aromatic nitrogens is 2. The van der Waals surface area contributed by atoms with E-state index in [1.54, 1.807) is 0 Å². The van der Waals surface area contributed by atoms with Crippen LogP contribution in [0.3, 0.4) is 0 Å². The molecule has 6 nitrogen and oxygen atoms in total. The molecule has 0 aliphatic heterocycles. The molecule has 1 heterocycles. The Morgan fingerprint density at radius 1 is 1.35 bits per heavy atom. The van der Waals surface area contributed by atoms with Crippen LogP contribution in [0.2, 0.25) is 0 Å². The van der Waals surface area contributed by atoms with Gasteiger partial charge in [-0.05, 0) is 22.0 Å². The van der Waals surface area contributed by atoms with Gasteiger partial charge in [0.1, 0.15) is 11.6 Å². The van der Waals surface area contributed by atoms with E-state index in [4.69, 9.17) is 5.73 Å². The maximum absolute atomic E-state index is 13.6. The monoisotopic (exact) mass is 366 g/mol. The van der Waals surface area contributed by atoms with Crippen molar-refractivity contribution < 1.29 is 17.2 Å². The van der Waals surface area contributed by atoms with Crippen LogP contribution in [-0.2, 0) is 17.1 Å². The van der Waals surface area contributed by atoms with Crippen molar-refractivity contribution in [1.29, 1.82) is 0 Å². The van der Waals surface area contributed by atoms with Gasteiger partial charge in [0.15, 0.2) is 10.8 Å². The number of halogens is 3. The molecular formula is C10H9BrF2N4O2S. The minimum Gasteiger partial charge on any atom is -0.381 e. The Balaban J connectivity index is 2.47. The molecule has 0 saturated carbocycles. The van der Waals surface area contributed by atoms with E-state index in [9.17, 15) is 17.2 Å². The first kappa shape index (κ1) is 14.7. The number of nitrogens with two attached hydrogens (primary N) is 1. The zero-order valence-corrected chi connectivity index (χ0v) is 12.5. The van der Waals surface area contributed by atoms with Crippen molar-refractivity contribution in [3.8, 4) is 0 Å². The van der Waals surface area contributed by atoms with Crippen LogP contribution in [-0.4, -0.2) is 18.0 Å². The summed E-state index contributed by atoms with van der Waals surface area (Å²) >= 11 is 2.85. The Kier molecular flexibility index (Phi) is 3.69. The minimum absolute atomic E-state index is 0.0745. The van der Waals surface area contributed by atoms with Gasteiger partial charge >= 0.3 is 0 Å². The van der Waals surface area contributed by atoms with Crippen molar-refractivity contribution in [2.75, 3.05) is 10.5 Å². The summed E-state index contributed by atoms with van der Waals surface area (Å²) in [5, 5.41) is -0.308. The van der Waals surface area contributed by atoms with E-state index in [1.807, 2.05) is 4.72 Å². The number of rotatable bonds is 3. The summed E-state index contributed by atoms with van der Waals surface area (Å²) in [4.78, 5) is 3.64. The van der Waals surface area contributed by atoms with Gasteiger partial charge in [-0.15, -0.1) is 0 Å². The van der Waals surface area contributed by atoms with Crippen LogP contribution in [0.5, 0.6) is 0 Å². The summed E-state index contributed by atoms with van der Waals surface area (Å²) in [6.07, 6.45) is 1.21. The zero-order chi connectivity index (χ0) is 15.1. The number of benzene rings is 1. The second-order valence-electron chi connectivity index (χ2n) is 3.90. The summed E-state index contributed by atoms with van der Waals surface area (Å²) < 4.78 is 54.0. The largest absolute Gasteiger partial charge is 0.381 e. The summed E-state index contributed by atoms with van der Waals surface area (Å²) in [7, 11) is -2.72. The Morgan fingerprint density at radius 2 is 2.00 bits per heavy atom. The van der Waals surface area contributed by atoms with Gasteiger partial charge in [0, 0.05) is 13.1 Å². The number of sulfonamides is 1. The first-order chi connectivity index (χ1) is 9.22. The lowest BCUT2D eigenvalue weighted by atomic mass is 10.3. The maximum Gasteiger partial charge on any atom is 0.281 e. The highest BCUT2D eigenvalue weighted by atomic mass is 79.9. The normalized spacial score (nSPS) is 11.6. The van der Waals surface area contributed by atoms with E-state index in [1.165, 1.54) is 17.9 Å². The highest BCUT2D eigenvalue weighted by Crippen LogP contribution is 2.26. The molecule has 20 heavy (non-hydrogen) atoms. The fourth-order valence-electron chi connectivity index (χ4n) is 1.56. The number of anilines is 2. The van der Waals surface area contributed by atoms with E-state index < -0.39 is 27.3 Å². The van der Waals surface area contributed by atoms with Crippen molar-refractivity contribution in [1.82, 2.24) is 9.55 Å². The Bertz CT molecular complexity index is 756. The van der Waals surface area contributed by atoms with Gasteiger partial charge in [0.05, 0.1) is 16.5 Å². The summed E-state index contributed by atoms with van der Waals surface area (Å²) in [6, 6.07) is 1.54. The highest BCUT2D eigenvalue weighted by Gasteiger charge is 2.24. The van der Waals surface area contributed by atoms with Crippen molar-refractivity contribution in [3.05, 3.63) is 34.6 Å². The SMILES string of the molecule is Cn1cnc(N)c1S(=O)(=O)Nc1cc(Br)c(F)cc1F.